The Labute approximate surface area is 144 Å². The number of benzene rings is 1. The smallest absolute Gasteiger partial charge is 0.224 e. The summed E-state index contributed by atoms with van der Waals surface area (Å²) in [6.07, 6.45) is 3.29. The fourth-order valence-corrected chi connectivity index (χ4v) is 3.08. The lowest BCUT2D eigenvalue weighted by molar-refractivity contribution is -0.123. The van der Waals surface area contributed by atoms with E-state index < -0.39 is 0 Å². The first kappa shape index (κ1) is 18.5. The molecule has 5 nitrogen and oxygen atoms in total. The van der Waals surface area contributed by atoms with Crippen LogP contribution in [0, 0.1) is 11.8 Å². The van der Waals surface area contributed by atoms with Gasteiger partial charge < -0.3 is 11.1 Å². The van der Waals surface area contributed by atoms with E-state index in [1.807, 2.05) is 24.3 Å². The third kappa shape index (κ3) is 5.64. The van der Waals surface area contributed by atoms with Gasteiger partial charge in [-0.05, 0) is 43.4 Å². The second-order valence-electron chi connectivity index (χ2n) is 7.11. The molecular weight excluding hydrogens is 302 g/mol. The summed E-state index contributed by atoms with van der Waals surface area (Å²) < 4.78 is 0. The highest BCUT2D eigenvalue weighted by atomic mass is 16.2. The van der Waals surface area contributed by atoms with Gasteiger partial charge in [-0.1, -0.05) is 32.0 Å². The van der Waals surface area contributed by atoms with Crippen LogP contribution in [-0.4, -0.2) is 29.8 Å². The molecule has 3 N–H and O–H groups in total. The zero-order valence-electron chi connectivity index (χ0n) is 14.8. The van der Waals surface area contributed by atoms with Crippen LogP contribution in [0.4, 0.5) is 5.69 Å². The van der Waals surface area contributed by atoms with Gasteiger partial charge in [-0.3, -0.25) is 14.5 Å². The van der Waals surface area contributed by atoms with E-state index >= 15 is 0 Å². The molecule has 0 aromatic heterocycles. The summed E-state index contributed by atoms with van der Waals surface area (Å²) >= 11 is 0. The molecule has 1 atom stereocenters. The molecule has 132 valence electrons. The van der Waals surface area contributed by atoms with Crippen LogP contribution in [0.15, 0.2) is 24.3 Å². The van der Waals surface area contributed by atoms with Gasteiger partial charge in [0.25, 0.3) is 0 Å². The molecule has 24 heavy (non-hydrogen) atoms. The lowest BCUT2D eigenvalue weighted by Crippen LogP contribution is -2.40. The van der Waals surface area contributed by atoms with E-state index in [9.17, 15) is 9.59 Å². The van der Waals surface area contributed by atoms with Crippen molar-refractivity contribution in [1.82, 2.24) is 4.90 Å². The van der Waals surface area contributed by atoms with Crippen LogP contribution in [0.3, 0.4) is 0 Å². The van der Waals surface area contributed by atoms with E-state index in [1.165, 1.54) is 0 Å². The summed E-state index contributed by atoms with van der Waals surface area (Å²) in [5.41, 5.74) is 7.41. The number of nitrogens with two attached hydrogens (primary N) is 1. The molecule has 0 spiro atoms. The Morgan fingerprint density at radius 3 is 2.79 bits per heavy atom. The quantitative estimate of drug-likeness (QED) is 0.806. The van der Waals surface area contributed by atoms with E-state index in [0.717, 1.165) is 43.6 Å². The Bertz CT molecular complexity index is 571. The second-order valence-corrected chi connectivity index (χ2v) is 7.11. The van der Waals surface area contributed by atoms with Crippen LogP contribution in [-0.2, 0) is 16.1 Å². The summed E-state index contributed by atoms with van der Waals surface area (Å²) in [5.74, 6) is 0.302. The summed E-state index contributed by atoms with van der Waals surface area (Å²) in [4.78, 5) is 25.8. The molecule has 1 fully saturated rings. The molecule has 1 saturated heterocycles. The number of likely N-dealkylation sites (tertiary alicyclic amines) is 1. The van der Waals surface area contributed by atoms with Crippen molar-refractivity contribution >= 4 is 17.5 Å². The maximum atomic E-state index is 12.1. The lowest BCUT2D eigenvalue weighted by atomic mass is 9.97. The van der Waals surface area contributed by atoms with Crippen molar-refractivity contribution in [3.63, 3.8) is 0 Å². The maximum absolute atomic E-state index is 12.1. The highest BCUT2D eigenvalue weighted by molar-refractivity contribution is 5.91. The fourth-order valence-electron chi connectivity index (χ4n) is 3.08. The SMILES string of the molecule is CC(C)CCC(=O)Nc1ccccc1CN1CCC[C@@H](C(N)=O)C1. The predicted molar refractivity (Wildman–Crippen MR) is 96.3 cm³/mol. The van der Waals surface area contributed by atoms with Crippen LogP contribution in [0.2, 0.25) is 0 Å². The minimum absolute atomic E-state index is 0.0600. The molecule has 1 aliphatic rings. The Kier molecular flexibility index (Phi) is 6.79. The van der Waals surface area contributed by atoms with Crippen molar-refractivity contribution < 1.29 is 9.59 Å². The number of anilines is 1. The van der Waals surface area contributed by atoms with Crippen molar-refractivity contribution in [2.75, 3.05) is 18.4 Å². The number of hydrogen-bond acceptors (Lipinski definition) is 3. The number of para-hydroxylation sites is 1. The average molecular weight is 331 g/mol. The van der Waals surface area contributed by atoms with Crippen LogP contribution in [0.25, 0.3) is 0 Å². The molecule has 2 rings (SSSR count). The average Bonchev–Trinajstić information content (AvgIpc) is 2.55. The van der Waals surface area contributed by atoms with Crippen LogP contribution < -0.4 is 11.1 Å². The third-order valence-corrected chi connectivity index (χ3v) is 4.54. The van der Waals surface area contributed by atoms with Crippen molar-refractivity contribution in [3.05, 3.63) is 29.8 Å². The monoisotopic (exact) mass is 331 g/mol. The second kappa shape index (κ2) is 8.83. The van der Waals surface area contributed by atoms with Gasteiger partial charge in [-0.25, -0.2) is 0 Å². The summed E-state index contributed by atoms with van der Waals surface area (Å²) in [6.45, 7) is 6.62. The minimum atomic E-state index is -0.213. The Morgan fingerprint density at radius 1 is 1.33 bits per heavy atom. The van der Waals surface area contributed by atoms with Gasteiger partial charge in [0, 0.05) is 25.2 Å². The lowest BCUT2D eigenvalue weighted by Gasteiger charge is -2.31. The molecule has 1 heterocycles. The molecule has 0 radical (unpaired) electrons. The first-order valence-electron chi connectivity index (χ1n) is 8.85. The van der Waals surface area contributed by atoms with E-state index in [0.29, 0.717) is 18.9 Å². The number of amides is 2. The summed E-state index contributed by atoms with van der Waals surface area (Å²) in [5, 5.41) is 3.03. The predicted octanol–water partition coefficient (Wildman–Crippen LogP) is 2.76. The largest absolute Gasteiger partial charge is 0.369 e. The first-order valence-corrected chi connectivity index (χ1v) is 8.85. The van der Waals surface area contributed by atoms with Gasteiger partial charge in [0.15, 0.2) is 0 Å². The van der Waals surface area contributed by atoms with Gasteiger partial charge in [0.1, 0.15) is 0 Å². The molecule has 2 amide bonds. The van der Waals surface area contributed by atoms with Gasteiger partial charge >= 0.3 is 0 Å². The Hall–Kier alpha value is -1.88. The van der Waals surface area contributed by atoms with Gasteiger partial charge in [0.05, 0.1) is 5.92 Å². The van der Waals surface area contributed by atoms with Crippen LogP contribution in [0.5, 0.6) is 0 Å². The van der Waals surface area contributed by atoms with E-state index in [1.54, 1.807) is 0 Å². The molecule has 1 aliphatic heterocycles. The number of piperidine rings is 1. The normalized spacial score (nSPS) is 18.5. The van der Waals surface area contributed by atoms with Crippen molar-refractivity contribution in [2.24, 2.45) is 17.6 Å². The molecule has 0 saturated carbocycles. The van der Waals surface area contributed by atoms with Crippen molar-refractivity contribution in [3.8, 4) is 0 Å². The minimum Gasteiger partial charge on any atom is -0.369 e. The topological polar surface area (TPSA) is 75.4 Å². The summed E-state index contributed by atoms with van der Waals surface area (Å²) in [7, 11) is 0. The zero-order valence-corrected chi connectivity index (χ0v) is 14.8. The van der Waals surface area contributed by atoms with Crippen molar-refractivity contribution in [2.45, 2.75) is 46.1 Å². The molecule has 0 aliphatic carbocycles. The first-order chi connectivity index (χ1) is 11.5. The van der Waals surface area contributed by atoms with Gasteiger partial charge in [-0.15, -0.1) is 0 Å². The number of carbonyl (C=O) groups is 2. The van der Waals surface area contributed by atoms with Gasteiger partial charge in [0.2, 0.25) is 11.8 Å². The third-order valence-electron chi connectivity index (χ3n) is 4.54. The Balaban J connectivity index is 1.98. The molecule has 0 bridgehead atoms. The van der Waals surface area contributed by atoms with Crippen molar-refractivity contribution in [1.29, 1.82) is 0 Å². The fraction of sp³-hybridized carbons (Fsp3) is 0.579. The summed E-state index contributed by atoms with van der Waals surface area (Å²) in [6, 6.07) is 7.89. The van der Waals surface area contributed by atoms with Crippen LogP contribution in [0.1, 0.15) is 45.1 Å². The number of nitrogens with zero attached hydrogens (tertiary/aromatic N) is 1. The van der Waals surface area contributed by atoms with E-state index in [-0.39, 0.29) is 17.7 Å². The van der Waals surface area contributed by atoms with Gasteiger partial charge in [-0.2, -0.15) is 0 Å². The molecule has 0 unspecified atom stereocenters. The highest BCUT2D eigenvalue weighted by Gasteiger charge is 2.24. The highest BCUT2D eigenvalue weighted by Crippen LogP contribution is 2.22. The van der Waals surface area contributed by atoms with E-state index in [4.69, 9.17) is 5.73 Å². The standard InChI is InChI=1S/C19H29N3O2/c1-14(2)9-10-18(23)21-17-8-4-3-6-15(17)12-22-11-5-7-16(13-22)19(20)24/h3-4,6,8,14,16H,5,7,9-13H2,1-2H3,(H2,20,24)(H,21,23)/t16-/m1/s1. The van der Waals surface area contributed by atoms with Crippen LogP contribution >= 0.6 is 0 Å². The number of carbonyl (C=O) groups excluding carboxylic acids is 2. The molecular formula is C19H29N3O2. The Morgan fingerprint density at radius 2 is 2.08 bits per heavy atom. The number of rotatable bonds is 7. The number of primary amides is 1. The molecule has 5 heteroatoms. The molecule has 1 aromatic rings. The molecule has 1 aromatic carbocycles. The maximum Gasteiger partial charge on any atom is 0.224 e. The zero-order chi connectivity index (χ0) is 17.5. The number of nitrogens with one attached hydrogen (secondary N) is 1. The van der Waals surface area contributed by atoms with E-state index in [2.05, 4.69) is 24.1 Å². The number of hydrogen-bond donors (Lipinski definition) is 2.